The number of Topliss-reactive ketones (excluding diaryl/α,β-unsaturated/α-hetero) is 1. The van der Waals surface area contributed by atoms with Crippen LogP contribution >= 0.6 is 0 Å². The van der Waals surface area contributed by atoms with Crippen LogP contribution in [0.5, 0.6) is 0 Å². The molecule has 0 aliphatic carbocycles. The van der Waals surface area contributed by atoms with Crippen LogP contribution in [0.25, 0.3) is 0 Å². The fourth-order valence-corrected chi connectivity index (χ4v) is 0.593. The molecule has 1 unspecified atom stereocenters. The molecule has 0 amide bonds. The van der Waals surface area contributed by atoms with Crippen molar-refractivity contribution in [2.45, 2.75) is 33.2 Å². The van der Waals surface area contributed by atoms with Crippen LogP contribution in [0.4, 0.5) is 0 Å². The van der Waals surface area contributed by atoms with Crippen molar-refractivity contribution in [2.75, 3.05) is 0 Å². The Balaban J connectivity index is 4.11. The second-order valence-electron chi connectivity index (χ2n) is 3.82. The summed E-state index contributed by atoms with van der Waals surface area (Å²) in [7, 11) is 0. The molecule has 0 aliphatic heterocycles. The normalized spacial score (nSPS) is 14.0. The standard InChI is InChI=1S/C8H15NO3/c1-8(2,3)6(10)4-5(9)7(11)12/h5H,4,9H2,1-3H3,(H,11,12). The first-order valence-corrected chi connectivity index (χ1v) is 3.77. The van der Waals surface area contributed by atoms with Gasteiger partial charge in [0.05, 0.1) is 0 Å². The highest BCUT2D eigenvalue weighted by Crippen LogP contribution is 2.17. The van der Waals surface area contributed by atoms with E-state index in [1.165, 1.54) is 0 Å². The van der Waals surface area contributed by atoms with Gasteiger partial charge in [0.25, 0.3) is 0 Å². The van der Waals surface area contributed by atoms with Gasteiger partial charge in [-0.25, -0.2) is 0 Å². The lowest BCUT2D eigenvalue weighted by Crippen LogP contribution is -2.36. The lowest BCUT2D eigenvalue weighted by atomic mass is 9.87. The molecular formula is C8H15NO3. The van der Waals surface area contributed by atoms with E-state index in [0.29, 0.717) is 0 Å². The minimum Gasteiger partial charge on any atom is -0.480 e. The van der Waals surface area contributed by atoms with Gasteiger partial charge >= 0.3 is 5.97 Å². The summed E-state index contributed by atoms with van der Waals surface area (Å²) >= 11 is 0. The van der Waals surface area contributed by atoms with Crippen LogP contribution in [-0.4, -0.2) is 22.9 Å². The van der Waals surface area contributed by atoms with Crippen molar-refractivity contribution in [2.24, 2.45) is 11.1 Å². The van der Waals surface area contributed by atoms with E-state index in [2.05, 4.69) is 0 Å². The molecule has 0 aromatic heterocycles. The molecule has 0 saturated heterocycles. The zero-order chi connectivity index (χ0) is 9.94. The van der Waals surface area contributed by atoms with Crippen LogP contribution in [0, 0.1) is 5.41 Å². The first-order valence-electron chi connectivity index (χ1n) is 3.77. The average molecular weight is 173 g/mol. The minimum atomic E-state index is -1.13. The van der Waals surface area contributed by atoms with Gasteiger partial charge in [-0.1, -0.05) is 20.8 Å². The highest BCUT2D eigenvalue weighted by atomic mass is 16.4. The number of nitrogens with two attached hydrogens (primary N) is 1. The second-order valence-corrected chi connectivity index (χ2v) is 3.82. The van der Waals surface area contributed by atoms with E-state index in [1.807, 2.05) is 0 Å². The molecular weight excluding hydrogens is 158 g/mol. The Bertz CT molecular complexity index is 193. The summed E-state index contributed by atoms with van der Waals surface area (Å²) in [6.07, 6.45) is -0.0984. The third-order valence-electron chi connectivity index (χ3n) is 1.56. The van der Waals surface area contributed by atoms with Crippen LogP contribution in [0.3, 0.4) is 0 Å². The minimum absolute atomic E-state index is 0.0984. The summed E-state index contributed by atoms with van der Waals surface area (Å²) in [4.78, 5) is 21.5. The van der Waals surface area contributed by atoms with E-state index >= 15 is 0 Å². The van der Waals surface area contributed by atoms with Crippen molar-refractivity contribution in [3.63, 3.8) is 0 Å². The Labute approximate surface area is 71.8 Å². The number of ketones is 1. The Kier molecular flexibility index (Phi) is 3.39. The predicted octanol–water partition coefficient (Wildman–Crippen LogP) is 0.404. The van der Waals surface area contributed by atoms with E-state index in [1.54, 1.807) is 20.8 Å². The van der Waals surface area contributed by atoms with Crippen molar-refractivity contribution >= 4 is 11.8 Å². The highest BCUT2D eigenvalue weighted by Gasteiger charge is 2.25. The molecule has 12 heavy (non-hydrogen) atoms. The molecule has 1 atom stereocenters. The zero-order valence-electron chi connectivity index (χ0n) is 7.63. The largest absolute Gasteiger partial charge is 0.480 e. The lowest BCUT2D eigenvalue weighted by molar-refractivity contribution is -0.141. The molecule has 0 saturated carbocycles. The first kappa shape index (κ1) is 11.1. The molecule has 0 aliphatic rings. The Hall–Kier alpha value is -0.900. The SMILES string of the molecule is CC(C)(C)C(=O)CC(N)C(=O)O. The number of carboxylic acids is 1. The van der Waals surface area contributed by atoms with Gasteiger partial charge < -0.3 is 10.8 Å². The van der Waals surface area contributed by atoms with Gasteiger partial charge in [-0.3, -0.25) is 9.59 Å². The Morgan fingerprint density at radius 1 is 1.42 bits per heavy atom. The van der Waals surface area contributed by atoms with E-state index in [4.69, 9.17) is 10.8 Å². The molecule has 0 aromatic carbocycles. The number of hydrogen-bond acceptors (Lipinski definition) is 3. The average Bonchev–Trinajstić information content (AvgIpc) is 1.85. The summed E-state index contributed by atoms with van der Waals surface area (Å²) in [6, 6.07) is -1.07. The van der Waals surface area contributed by atoms with Crippen molar-refractivity contribution in [3.8, 4) is 0 Å². The van der Waals surface area contributed by atoms with E-state index in [0.717, 1.165) is 0 Å². The van der Waals surface area contributed by atoms with E-state index in [9.17, 15) is 9.59 Å². The van der Waals surface area contributed by atoms with Gasteiger partial charge in [-0.2, -0.15) is 0 Å². The number of hydrogen-bond donors (Lipinski definition) is 2. The molecule has 4 heteroatoms. The molecule has 0 bridgehead atoms. The maximum Gasteiger partial charge on any atom is 0.320 e. The van der Waals surface area contributed by atoms with Crippen LogP contribution in [0.2, 0.25) is 0 Å². The summed E-state index contributed by atoms with van der Waals surface area (Å²) in [5.74, 6) is -1.26. The summed E-state index contributed by atoms with van der Waals surface area (Å²) in [5, 5.41) is 8.42. The molecule has 0 heterocycles. The van der Waals surface area contributed by atoms with Crippen molar-refractivity contribution in [1.29, 1.82) is 0 Å². The topological polar surface area (TPSA) is 80.4 Å². The molecule has 0 radical (unpaired) electrons. The third-order valence-corrected chi connectivity index (χ3v) is 1.56. The number of carbonyl (C=O) groups is 2. The van der Waals surface area contributed by atoms with Gasteiger partial charge in [0.1, 0.15) is 11.8 Å². The molecule has 4 nitrogen and oxygen atoms in total. The fraction of sp³-hybridized carbons (Fsp3) is 0.750. The van der Waals surface area contributed by atoms with Crippen LogP contribution in [-0.2, 0) is 9.59 Å². The third kappa shape index (κ3) is 3.48. The number of carboxylic acid groups (broad SMARTS) is 1. The molecule has 0 fully saturated rings. The van der Waals surface area contributed by atoms with Crippen molar-refractivity contribution in [3.05, 3.63) is 0 Å². The number of carbonyl (C=O) groups excluding carboxylic acids is 1. The smallest absolute Gasteiger partial charge is 0.320 e. The fourth-order valence-electron chi connectivity index (χ4n) is 0.593. The van der Waals surface area contributed by atoms with E-state index in [-0.39, 0.29) is 12.2 Å². The van der Waals surface area contributed by atoms with E-state index < -0.39 is 17.4 Å². The molecule has 3 N–H and O–H groups in total. The van der Waals surface area contributed by atoms with Crippen molar-refractivity contribution < 1.29 is 14.7 Å². The maximum atomic E-state index is 11.2. The van der Waals surface area contributed by atoms with Gasteiger partial charge in [-0.05, 0) is 0 Å². The second kappa shape index (κ2) is 3.67. The summed E-state index contributed by atoms with van der Waals surface area (Å²) in [6.45, 7) is 5.22. The Morgan fingerprint density at radius 2 is 1.83 bits per heavy atom. The maximum absolute atomic E-state index is 11.2. The quantitative estimate of drug-likeness (QED) is 0.647. The predicted molar refractivity (Wildman–Crippen MR) is 44.7 cm³/mol. The molecule has 0 rings (SSSR count). The summed E-state index contributed by atoms with van der Waals surface area (Å²) < 4.78 is 0. The summed E-state index contributed by atoms with van der Waals surface area (Å²) in [5.41, 5.74) is 4.69. The van der Waals surface area contributed by atoms with Crippen LogP contribution < -0.4 is 5.73 Å². The first-order chi connectivity index (χ1) is 5.25. The van der Waals surface area contributed by atoms with Crippen LogP contribution in [0.1, 0.15) is 27.2 Å². The molecule has 0 aromatic rings. The molecule has 70 valence electrons. The van der Waals surface area contributed by atoms with Gasteiger partial charge in [-0.15, -0.1) is 0 Å². The number of aliphatic carboxylic acids is 1. The van der Waals surface area contributed by atoms with Gasteiger partial charge in [0.15, 0.2) is 0 Å². The zero-order valence-corrected chi connectivity index (χ0v) is 7.63. The highest BCUT2D eigenvalue weighted by molar-refractivity contribution is 5.88. The van der Waals surface area contributed by atoms with Crippen molar-refractivity contribution in [1.82, 2.24) is 0 Å². The lowest BCUT2D eigenvalue weighted by Gasteiger charge is -2.17. The molecule has 0 spiro atoms. The van der Waals surface area contributed by atoms with Crippen LogP contribution in [0.15, 0.2) is 0 Å². The monoisotopic (exact) mass is 173 g/mol. The van der Waals surface area contributed by atoms with Gasteiger partial charge in [0.2, 0.25) is 0 Å². The Morgan fingerprint density at radius 3 is 2.08 bits per heavy atom. The van der Waals surface area contributed by atoms with Gasteiger partial charge in [0, 0.05) is 11.8 Å². The number of rotatable bonds is 3.